The van der Waals surface area contributed by atoms with Gasteiger partial charge in [0.1, 0.15) is 5.75 Å². The smallest absolute Gasteiger partial charge is 0.120 e. The molecule has 2 N–H and O–H groups in total. The number of aromatic hydroxyl groups is 1. The van der Waals surface area contributed by atoms with Crippen LogP contribution in [0.3, 0.4) is 0 Å². The zero-order valence-corrected chi connectivity index (χ0v) is 8.80. The second-order valence-electron chi connectivity index (χ2n) is 4.09. The minimum atomic E-state index is 0.356. The zero-order valence-electron chi connectivity index (χ0n) is 8.80. The molecule has 1 atom stereocenters. The molecule has 0 spiro atoms. The molecule has 1 aromatic rings. The fourth-order valence-electron chi connectivity index (χ4n) is 2.19. The molecule has 2 heteroatoms. The van der Waals surface area contributed by atoms with Gasteiger partial charge in [0.2, 0.25) is 0 Å². The zero-order chi connectivity index (χ0) is 10.1. The van der Waals surface area contributed by atoms with Crippen LogP contribution in [-0.4, -0.2) is 11.7 Å². The van der Waals surface area contributed by atoms with E-state index >= 15 is 0 Å². The number of phenols is 1. The summed E-state index contributed by atoms with van der Waals surface area (Å²) in [6.07, 6.45) is 2.34. The number of nitrogens with one attached hydrogen (secondary N) is 1. The van der Waals surface area contributed by atoms with E-state index < -0.39 is 0 Å². The minimum Gasteiger partial charge on any atom is -0.508 e. The van der Waals surface area contributed by atoms with Gasteiger partial charge in [-0.15, -0.1) is 0 Å². The molecule has 0 aromatic heterocycles. The molecule has 0 radical (unpaired) electrons. The van der Waals surface area contributed by atoms with Crippen molar-refractivity contribution in [2.24, 2.45) is 0 Å². The highest BCUT2D eigenvalue weighted by molar-refractivity contribution is 5.45. The van der Waals surface area contributed by atoms with E-state index in [-0.39, 0.29) is 0 Å². The molecule has 2 rings (SSSR count). The largest absolute Gasteiger partial charge is 0.508 e. The van der Waals surface area contributed by atoms with Crippen molar-refractivity contribution in [3.05, 3.63) is 28.8 Å². The van der Waals surface area contributed by atoms with Gasteiger partial charge >= 0.3 is 0 Å². The first-order valence-corrected chi connectivity index (χ1v) is 5.22. The summed E-state index contributed by atoms with van der Waals surface area (Å²) < 4.78 is 0. The summed E-state index contributed by atoms with van der Waals surface area (Å²) in [6, 6.07) is 4.13. The monoisotopic (exact) mass is 191 g/mol. The SMILES string of the molecule is Cc1ccc(O)c(C2CCCN2)c1C. The van der Waals surface area contributed by atoms with Crippen LogP contribution in [0.2, 0.25) is 0 Å². The molecule has 1 aliphatic heterocycles. The third-order valence-corrected chi connectivity index (χ3v) is 3.17. The second kappa shape index (κ2) is 3.62. The Hall–Kier alpha value is -1.02. The van der Waals surface area contributed by atoms with Crippen LogP contribution in [0, 0.1) is 13.8 Å². The van der Waals surface area contributed by atoms with Gasteiger partial charge in [0, 0.05) is 11.6 Å². The maximum atomic E-state index is 9.84. The van der Waals surface area contributed by atoms with E-state index in [0.29, 0.717) is 11.8 Å². The van der Waals surface area contributed by atoms with E-state index in [9.17, 15) is 5.11 Å². The van der Waals surface area contributed by atoms with E-state index in [0.717, 1.165) is 18.5 Å². The number of hydrogen-bond donors (Lipinski definition) is 2. The molecule has 1 fully saturated rings. The van der Waals surface area contributed by atoms with Gasteiger partial charge in [0.05, 0.1) is 0 Å². The average molecular weight is 191 g/mol. The highest BCUT2D eigenvalue weighted by Gasteiger charge is 2.21. The summed E-state index contributed by atoms with van der Waals surface area (Å²) in [7, 11) is 0. The lowest BCUT2D eigenvalue weighted by atomic mass is 9.95. The van der Waals surface area contributed by atoms with Gasteiger partial charge in [-0.1, -0.05) is 6.07 Å². The average Bonchev–Trinajstić information content (AvgIpc) is 2.65. The first-order chi connectivity index (χ1) is 6.70. The van der Waals surface area contributed by atoms with E-state index in [1.165, 1.54) is 17.5 Å². The quantitative estimate of drug-likeness (QED) is 0.714. The van der Waals surface area contributed by atoms with E-state index in [1.54, 1.807) is 6.07 Å². The van der Waals surface area contributed by atoms with Gasteiger partial charge in [-0.3, -0.25) is 0 Å². The standard InChI is InChI=1S/C12H17NO/c1-8-5-6-11(14)12(9(8)2)10-4-3-7-13-10/h5-6,10,13-14H,3-4,7H2,1-2H3. The molecular weight excluding hydrogens is 174 g/mol. The van der Waals surface area contributed by atoms with Crippen molar-refractivity contribution < 1.29 is 5.11 Å². The molecule has 14 heavy (non-hydrogen) atoms. The van der Waals surface area contributed by atoms with Crippen LogP contribution in [0.25, 0.3) is 0 Å². The summed E-state index contributed by atoms with van der Waals surface area (Å²) in [4.78, 5) is 0. The Balaban J connectivity index is 2.44. The summed E-state index contributed by atoms with van der Waals surface area (Å²) in [5.41, 5.74) is 3.58. The van der Waals surface area contributed by atoms with Gasteiger partial charge in [0.25, 0.3) is 0 Å². The van der Waals surface area contributed by atoms with Crippen molar-refractivity contribution in [3.63, 3.8) is 0 Å². The van der Waals surface area contributed by atoms with E-state index in [4.69, 9.17) is 0 Å². The molecule has 1 aliphatic rings. The fourth-order valence-corrected chi connectivity index (χ4v) is 2.19. The van der Waals surface area contributed by atoms with Crippen molar-refractivity contribution in [1.82, 2.24) is 5.32 Å². The Bertz CT molecular complexity index is 340. The van der Waals surface area contributed by atoms with E-state index in [1.807, 2.05) is 6.07 Å². The summed E-state index contributed by atoms with van der Waals surface area (Å²) in [6.45, 7) is 5.25. The minimum absolute atomic E-state index is 0.356. The van der Waals surface area contributed by atoms with Crippen molar-refractivity contribution in [2.75, 3.05) is 6.54 Å². The Labute approximate surface area is 85.0 Å². The van der Waals surface area contributed by atoms with Crippen molar-refractivity contribution >= 4 is 0 Å². The van der Waals surface area contributed by atoms with Crippen LogP contribution >= 0.6 is 0 Å². The van der Waals surface area contributed by atoms with E-state index in [2.05, 4.69) is 19.2 Å². The second-order valence-corrected chi connectivity index (χ2v) is 4.09. The molecule has 0 aliphatic carbocycles. The summed E-state index contributed by atoms with van der Waals surface area (Å²) in [5.74, 6) is 0.438. The van der Waals surface area contributed by atoms with Crippen molar-refractivity contribution in [3.8, 4) is 5.75 Å². The van der Waals surface area contributed by atoms with Crippen LogP contribution in [0.4, 0.5) is 0 Å². The molecule has 0 saturated carbocycles. The number of rotatable bonds is 1. The predicted octanol–water partition coefficient (Wildman–Crippen LogP) is 2.43. The Morgan fingerprint density at radius 1 is 1.36 bits per heavy atom. The number of phenolic OH excluding ortho intramolecular Hbond substituents is 1. The third-order valence-electron chi connectivity index (χ3n) is 3.17. The maximum Gasteiger partial charge on any atom is 0.120 e. The van der Waals surface area contributed by atoms with Crippen molar-refractivity contribution in [1.29, 1.82) is 0 Å². The first-order valence-electron chi connectivity index (χ1n) is 5.22. The third kappa shape index (κ3) is 1.50. The Morgan fingerprint density at radius 3 is 2.79 bits per heavy atom. The molecule has 0 amide bonds. The van der Waals surface area contributed by atoms with Crippen LogP contribution < -0.4 is 5.32 Å². The molecule has 0 bridgehead atoms. The first kappa shape index (κ1) is 9.53. The number of hydrogen-bond acceptors (Lipinski definition) is 2. The van der Waals surface area contributed by atoms with Crippen molar-refractivity contribution in [2.45, 2.75) is 32.7 Å². The lowest BCUT2D eigenvalue weighted by Gasteiger charge is -2.17. The van der Waals surface area contributed by atoms with Gasteiger partial charge in [-0.2, -0.15) is 0 Å². The van der Waals surface area contributed by atoms with Crippen LogP contribution in [-0.2, 0) is 0 Å². The van der Waals surface area contributed by atoms with Crippen LogP contribution in [0.15, 0.2) is 12.1 Å². The van der Waals surface area contributed by atoms with Gasteiger partial charge in [0.15, 0.2) is 0 Å². The van der Waals surface area contributed by atoms with Gasteiger partial charge in [-0.25, -0.2) is 0 Å². The number of benzene rings is 1. The van der Waals surface area contributed by atoms with Gasteiger partial charge in [-0.05, 0) is 50.4 Å². The molecular formula is C12H17NO. The Morgan fingerprint density at radius 2 is 2.14 bits per heavy atom. The lowest BCUT2D eigenvalue weighted by Crippen LogP contribution is -2.14. The summed E-state index contributed by atoms with van der Waals surface area (Å²) in [5, 5.41) is 13.3. The molecule has 1 heterocycles. The summed E-state index contributed by atoms with van der Waals surface area (Å²) >= 11 is 0. The van der Waals surface area contributed by atoms with Crippen LogP contribution in [0.1, 0.15) is 35.6 Å². The van der Waals surface area contributed by atoms with Crippen LogP contribution in [0.5, 0.6) is 5.75 Å². The molecule has 1 aromatic carbocycles. The topological polar surface area (TPSA) is 32.3 Å². The number of aryl methyl sites for hydroxylation is 1. The fraction of sp³-hybridized carbons (Fsp3) is 0.500. The highest BCUT2D eigenvalue weighted by atomic mass is 16.3. The highest BCUT2D eigenvalue weighted by Crippen LogP contribution is 2.33. The molecule has 76 valence electrons. The molecule has 1 saturated heterocycles. The maximum absolute atomic E-state index is 9.84. The predicted molar refractivity (Wildman–Crippen MR) is 57.6 cm³/mol. The van der Waals surface area contributed by atoms with Gasteiger partial charge < -0.3 is 10.4 Å². The molecule has 1 unspecified atom stereocenters. The molecule has 2 nitrogen and oxygen atoms in total. The Kier molecular flexibility index (Phi) is 2.46. The lowest BCUT2D eigenvalue weighted by molar-refractivity contribution is 0.455. The normalized spacial score (nSPS) is 21.4.